The van der Waals surface area contributed by atoms with Crippen LogP contribution < -0.4 is 0 Å². The van der Waals surface area contributed by atoms with Crippen molar-refractivity contribution < 1.29 is 37.3 Å². The summed E-state index contributed by atoms with van der Waals surface area (Å²) < 4.78 is 34.7. The fraction of sp³-hybridized carbons (Fsp3) is 0.763. The van der Waals surface area contributed by atoms with Crippen molar-refractivity contribution >= 4 is 13.8 Å². The number of likely N-dealkylation sites (N-methyl/N-ethyl adjacent to an activating group) is 1. The Morgan fingerprint density at radius 3 is 1.77 bits per heavy atom. The molecule has 274 valence electrons. The Bertz CT molecular complexity index is 895. The number of ether oxygens (including phenoxy) is 2. The summed E-state index contributed by atoms with van der Waals surface area (Å²) in [6.45, 7) is 5.32. The maximum atomic E-state index is 12.6. The SMILES string of the molecule is CC/C=C\C/C=C\C/C=C\C/C=C\CCCOCC(COP(=O)(O)OCC[N+](C)(C)C)OC(=O)CCCCCCCCCCCCC. The summed E-state index contributed by atoms with van der Waals surface area (Å²) in [5.74, 6) is -0.336. The van der Waals surface area contributed by atoms with E-state index in [1.807, 2.05) is 21.1 Å². The number of hydrogen-bond acceptors (Lipinski definition) is 6. The van der Waals surface area contributed by atoms with Crippen LogP contribution in [0.3, 0.4) is 0 Å². The third-order valence-electron chi connectivity index (χ3n) is 7.40. The zero-order chi connectivity index (χ0) is 34.9. The number of quaternary nitrogens is 1. The van der Waals surface area contributed by atoms with Crippen molar-refractivity contribution in [1.82, 2.24) is 0 Å². The number of carbonyl (C=O) groups excluding carboxylic acids is 1. The van der Waals surface area contributed by atoms with Crippen LogP contribution in [0.4, 0.5) is 0 Å². The molecule has 0 aliphatic rings. The number of phosphoric acid groups is 1. The summed E-state index contributed by atoms with van der Waals surface area (Å²) >= 11 is 0. The topological polar surface area (TPSA) is 91.3 Å². The van der Waals surface area contributed by atoms with E-state index >= 15 is 0 Å². The van der Waals surface area contributed by atoms with Crippen LogP contribution in [-0.2, 0) is 27.9 Å². The normalized spacial score (nSPS) is 14.6. The summed E-state index contributed by atoms with van der Waals surface area (Å²) in [5.41, 5.74) is 0. The van der Waals surface area contributed by atoms with Gasteiger partial charge in [0.2, 0.25) is 0 Å². The van der Waals surface area contributed by atoms with Gasteiger partial charge in [-0.1, -0.05) is 127 Å². The summed E-state index contributed by atoms with van der Waals surface area (Å²) in [7, 11) is 1.63. The molecule has 0 fully saturated rings. The molecule has 2 unspecified atom stereocenters. The molecule has 0 rings (SSSR count). The molecule has 47 heavy (non-hydrogen) atoms. The minimum Gasteiger partial charge on any atom is -0.457 e. The summed E-state index contributed by atoms with van der Waals surface area (Å²) in [4.78, 5) is 22.7. The van der Waals surface area contributed by atoms with Gasteiger partial charge in [0.15, 0.2) is 0 Å². The van der Waals surface area contributed by atoms with Crippen LogP contribution in [-0.4, -0.2) is 75.6 Å². The van der Waals surface area contributed by atoms with Crippen molar-refractivity contribution in [3.8, 4) is 0 Å². The molecule has 0 spiro atoms. The van der Waals surface area contributed by atoms with Gasteiger partial charge in [0, 0.05) is 13.0 Å². The van der Waals surface area contributed by atoms with Gasteiger partial charge in [-0.15, -0.1) is 0 Å². The van der Waals surface area contributed by atoms with Crippen molar-refractivity contribution in [2.24, 2.45) is 0 Å². The van der Waals surface area contributed by atoms with Crippen molar-refractivity contribution in [2.45, 2.75) is 136 Å². The van der Waals surface area contributed by atoms with Crippen LogP contribution in [0.15, 0.2) is 48.6 Å². The lowest BCUT2D eigenvalue weighted by molar-refractivity contribution is -0.870. The molecule has 0 aliphatic carbocycles. The summed E-state index contributed by atoms with van der Waals surface area (Å²) in [6.07, 6.45) is 35.8. The van der Waals surface area contributed by atoms with E-state index in [2.05, 4.69) is 62.5 Å². The minimum atomic E-state index is -4.28. The van der Waals surface area contributed by atoms with Crippen LogP contribution in [0.5, 0.6) is 0 Å². The summed E-state index contributed by atoms with van der Waals surface area (Å²) in [6, 6.07) is 0. The fourth-order valence-electron chi connectivity index (χ4n) is 4.55. The average Bonchev–Trinajstić information content (AvgIpc) is 3.01. The zero-order valence-electron chi connectivity index (χ0n) is 30.8. The Hall–Kier alpha value is -1.54. The van der Waals surface area contributed by atoms with Crippen LogP contribution in [0.25, 0.3) is 0 Å². The number of rotatable bonds is 33. The number of hydrogen-bond donors (Lipinski definition) is 1. The lowest BCUT2D eigenvalue weighted by Gasteiger charge is -2.24. The van der Waals surface area contributed by atoms with Gasteiger partial charge in [-0.3, -0.25) is 13.8 Å². The Kier molecular flexibility index (Phi) is 30.7. The van der Waals surface area contributed by atoms with E-state index in [1.54, 1.807) is 0 Å². The Morgan fingerprint density at radius 1 is 0.681 bits per heavy atom. The lowest BCUT2D eigenvalue weighted by atomic mass is 10.1. The maximum Gasteiger partial charge on any atom is 0.472 e. The van der Waals surface area contributed by atoms with Crippen molar-refractivity contribution in [3.05, 3.63) is 48.6 Å². The van der Waals surface area contributed by atoms with Crippen molar-refractivity contribution in [1.29, 1.82) is 0 Å². The molecule has 2 atom stereocenters. The Labute approximate surface area is 288 Å². The number of unbranched alkanes of at least 4 members (excludes halogenated alkanes) is 11. The predicted octanol–water partition coefficient (Wildman–Crippen LogP) is 10.0. The number of nitrogens with zero attached hydrogens (tertiary/aromatic N) is 1. The number of allylic oxidation sites excluding steroid dienone is 8. The van der Waals surface area contributed by atoms with E-state index in [-0.39, 0.29) is 25.8 Å². The monoisotopic (exact) mass is 684 g/mol. The van der Waals surface area contributed by atoms with Gasteiger partial charge in [-0.25, -0.2) is 4.57 Å². The minimum absolute atomic E-state index is 0.0778. The van der Waals surface area contributed by atoms with Gasteiger partial charge in [-0.2, -0.15) is 0 Å². The van der Waals surface area contributed by atoms with E-state index in [0.29, 0.717) is 24.1 Å². The maximum absolute atomic E-state index is 12.6. The van der Waals surface area contributed by atoms with Crippen LogP contribution >= 0.6 is 7.82 Å². The first-order valence-electron chi connectivity index (χ1n) is 18.4. The number of carbonyl (C=O) groups is 1. The van der Waals surface area contributed by atoms with Crippen LogP contribution in [0.1, 0.15) is 129 Å². The molecule has 8 nitrogen and oxygen atoms in total. The molecule has 0 radical (unpaired) electrons. The molecule has 0 amide bonds. The molecule has 0 aromatic carbocycles. The Morgan fingerprint density at radius 2 is 1.21 bits per heavy atom. The average molecular weight is 685 g/mol. The quantitative estimate of drug-likeness (QED) is 0.0242. The Balaban J connectivity index is 4.43. The molecule has 0 bridgehead atoms. The third-order valence-corrected chi connectivity index (χ3v) is 8.39. The first-order valence-corrected chi connectivity index (χ1v) is 19.9. The number of phosphoric ester groups is 1. The van der Waals surface area contributed by atoms with Gasteiger partial charge in [0.25, 0.3) is 0 Å². The molecule has 9 heteroatoms. The number of esters is 1. The second kappa shape index (κ2) is 31.7. The zero-order valence-corrected chi connectivity index (χ0v) is 31.6. The van der Waals surface area contributed by atoms with E-state index in [4.69, 9.17) is 18.5 Å². The van der Waals surface area contributed by atoms with Gasteiger partial charge in [0.05, 0.1) is 34.4 Å². The molecule has 0 aromatic heterocycles. The first-order chi connectivity index (χ1) is 22.6. The molecule has 0 aliphatic heterocycles. The van der Waals surface area contributed by atoms with Crippen LogP contribution in [0.2, 0.25) is 0 Å². The van der Waals surface area contributed by atoms with E-state index < -0.39 is 13.9 Å². The summed E-state index contributed by atoms with van der Waals surface area (Å²) in [5, 5.41) is 0. The van der Waals surface area contributed by atoms with Gasteiger partial charge < -0.3 is 18.9 Å². The third kappa shape index (κ3) is 35.6. The second-order valence-electron chi connectivity index (χ2n) is 13.2. The van der Waals surface area contributed by atoms with Crippen molar-refractivity contribution in [3.63, 3.8) is 0 Å². The highest BCUT2D eigenvalue weighted by molar-refractivity contribution is 7.47. The largest absolute Gasteiger partial charge is 0.472 e. The molecule has 0 saturated heterocycles. The van der Waals surface area contributed by atoms with Gasteiger partial charge >= 0.3 is 13.8 Å². The second-order valence-corrected chi connectivity index (χ2v) is 14.7. The highest BCUT2D eigenvalue weighted by Crippen LogP contribution is 2.43. The van der Waals surface area contributed by atoms with E-state index in [9.17, 15) is 14.3 Å². The van der Waals surface area contributed by atoms with Gasteiger partial charge in [0.1, 0.15) is 19.3 Å². The lowest BCUT2D eigenvalue weighted by Crippen LogP contribution is -2.37. The highest BCUT2D eigenvalue weighted by Gasteiger charge is 2.26. The fourth-order valence-corrected chi connectivity index (χ4v) is 5.30. The van der Waals surface area contributed by atoms with E-state index in [0.717, 1.165) is 57.8 Å². The predicted molar refractivity (Wildman–Crippen MR) is 196 cm³/mol. The van der Waals surface area contributed by atoms with Crippen LogP contribution in [0, 0.1) is 0 Å². The molecule has 0 heterocycles. The first kappa shape index (κ1) is 45.5. The standard InChI is InChI=1S/C38H70NO7P/c1-6-8-10-12-14-16-18-19-20-22-24-26-28-30-33-43-35-37(36-45-47(41,42)44-34-32-39(3,4)5)46-38(40)31-29-27-25-23-21-17-15-13-11-9-7-2/h8,10,14,16,19-20,24,26,37H,6-7,9,11-13,15,17-18,21-23,25,27-36H2,1-5H3/p+1/b10-8-,16-14-,20-19-,26-24-. The van der Waals surface area contributed by atoms with Gasteiger partial charge in [-0.05, 0) is 44.9 Å². The molecular formula is C38H71NO7P+. The smallest absolute Gasteiger partial charge is 0.457 e. The molecule has 0 aromatic rings. The molecular weight excluding hydrogens is 613 g/mol. The molecule has 1 N–H and O–H groups in total. The van der Waals surface area contributed by atoms with E-state index in [1.165, 1.54) is 51.4 Å². The molecule has 0 saturated carbocycles. The highest BCUT2D eigenvalue weighted by atomic mass is 31.2. The van der Waals surface area contributed by atoms with Crippen molar-refractivity contribution in [2.75, 3.05) is 54.1 Å².